The Labute approximate surface area is 159 Å². The largest absolute Gasteiger partial charge is 0.424 e. The van der Waals surface area contributed by atoms with Crippen LogP contribution >= 0.6 is 0 Å². The molecule has 1 aromatic heterocycles. The van der Waals surface area contributed by atoms with Gasteiger partial charge in [0.1, 0.15) is 5.75 Å². The van der Waals surface area contributed by atoms with Gasteiger partial charge in [-0.1, -0.05) is 23.8 Å². The van der Waals surface area contributed by atoms with Gasteiger partial charge >= 0.3 is 6.01 Å². The highest BCUT2D eigenvalue weighted by atomic mass is 32.2. The molecule has 140 valence electrons. The Morgan fingerprint density at radius 2 is 1.59 bits per heavy atom. The number of rotatable bonds is 5. The van der Waals surface area contributed by atoms with Crippen LogP contribution < -0.4 is 9.46 Å². The highest BCUT2D eigenvalue weighted by Gasteiger charge is 2.17. The maximum atomic E-state index is 12.7. The van der Waals surface area contributed by atoms with Crippen molar-refractivity contribution in [2.45, 2.75) is 32.6 Å². The summed E-state index contributed by atoms with van der Waals surface area (Å²) in [6.07, 6.45) is 0. The average Bonchev–Trinajstić information content (AvgIpc) is 2.53. The van der Waals surface area contributed by atoms with Crippen LogP contribution in [0.15, 0.2) is 53.4 Å². The van der Waals surface area contributed by atoms with E-state index in [0.29, 0.717) is 17.0 Å². The van der Waals surface area contributed by atoms with Crippen LogP contribution in [0, 0.1) is 27.7 Å². The Kier molecular flexibility index (Phi) is 5.14. The summed E-state index contributed by atoms with van der Waals surface area (Å²) in [5.74, 6) is 0.445. The monoisotopic (exact) mass is 383 g/mol. The lowest BCUT2D eigenvalue weighted by atomic mass is 10.2. The Morgan fingerprint density at radius 1 is 0.889 bits per heavy atom. The average molecular weight is 383 g/mol. The Hall–Kier alpha value is -2.93. The smallest absolute Gasteiger partial charge is 0.322 e. The van der Waals surface area contributed by atoms with E-state index in [-0.39, 0.29) is 10.9 Å². The van der Waals surface area contributed by atoms with Gasteiger partial charge in [-0.25, -0.2) is 18.4 Å². The van der Waals surface area contributed by atoms with Gasteiger partial charge in [-0.05, 0) is 57.5 Å². The van der Waals surface area contributed by atoms with Crippen molar-refractivity contribution in [3.05, 3.63) is 71.0 Å². The predicted octanol–water partition coefficient (Wildman–Crippen LogP) is 4.30. The number of benzene rings is 2. The van der Waals surface area contributed by atoms with Gasteiger partial charge in [-0.15, -0.1) is 0 Å². The molecule has 3 aromatic rings. The third-order valence-corrected chi connectivity index (χ3v) is 5.42. The van der Waals surface area contributed by atoms with E-state index in [9.17, 15) is 8.42 Å². The van der Waals surface area contributed by atoms with Crippen LogP contribution in [-0.2, 0) is 10.0 Å². The second-order valence-corrected chi connectivity index (χ2v) is 8.09. The molecular weight excluding hydrogens is 362 g/mol. The minimum atomic E-state index is -3.70. The Balaban J connectivity index is 1.85. The van der Waals surface area contributed by atoms with Crippen molar-refractivity contribution in [3.63, 3.8) is 0 Å². The molecule has 0 radical (unpaired) electrons. The van der Waals surface area contributed by atoms with Gasteiger partial charge in [0.05, 0.1) is 10.6 Å². The zero-order chi connectivity index (χ0) is 19.6. The number of nitrogens with zero attached hydrogens (tertiary/aromatic N) is 2. The molecule has 0 atom stereocenters. The second-order valence-electron chi connectivity index (χ2n) is 6.44. The minimum absolute atomic E-state index is 0.224. The van der Waals surface area contributed by atoms with E-state index in [1.165, 1.54) is 0 Å². The molecule has 7 heteroatoms. The lowest BCUT2D eigenvalue weighted by Crippen LogP contribution is -2.14. The molecule has 27 heavy (non-hydrogen) atoms. The van der Waals surface area contributed by atoms with Gasteiger partial charge < -0.3 is 4.74 Å². The maximum absolute atomic E-state index is 12.7. The van der Waals surface area contributed by atoms with Crippen LogP contribution in [0.3, 0.4) is 0 Å². The van der Waals surface area contributed by atoms with E-state index >= 15 is 0 Å². The predicted molar refractivity (Wildman–Crippen MR) is 105 cm³/mol. The van der Waals surface area contributed by atoms with E-state index in [1.54, 1.807) is 43.3 Å². The molecule has 0 saturated carbocycles. The zero-order valence-electron chi connectivity index (χ0n) is 15.6. The van der Waals surface area contributed by atoms with Crippen molar-refractivity contribution in [2.24, 2.45) is 0 Å². The summed E-state index contributed by atoms with van der Waals surface area (Å²) in [6.45, 7) is 7.41. The molecular formula is C20H21N3O3S. The number of anilines is 1. The third kappa shape index (κ3) is 4.62. The molecule has 0 aliphatic rings. The fourth-order valence-electron chi connectivity index (χ4n) is 2.78. The lowest BCUT2D eigenvalue weighted by Gasteiger charge is -2.12. The van der Waals surface area contributed by atoms with Crippen LogP contribution in [-0.4, -0.2) is 18.4 Å². The Morgan fingerprint density at radius 3 is 2.26 bits per heavy atom. The number of aromatic nitrogens is 2. The van der Waals surface area contributed by atoms with Crippen LogP contribution in [0.5, 0.6) is 11.8 Å². The highest BCUT2D eigenvalue weighted by molar-refractivity contribution is 7.92. The van der Waals surface area contributed by atoms with Crippen molar-refractivity contribution in [1.29, 1.82) is 0 Å². The lowest BCUT2D eigenvalue weighted by molar-refractivity contribution is 0.439. The van der Waals surface area contributed by atoms with Crippen LogP contribution in [0.25, 0.3) is 0 Å². The molecule has 0 unspecified atom stereocenters. The number of hydrogen-bond acceptors (Lipinski definition) is 5. The van der Waals surface area contributed by atoms with Crippen LogP contribution in [0.4, 0.5) is 5.69 Å². The first-order valence-corrected chi connectivity index (χ1v) is 9.91. The van der Waals surface area contributed by atoms with Gasteiger partial charge in [0, 0.05) is 17.5 Å². The number of ether oxygens (including phenoxy) is 1. The molecule has 1 heterocycles. The number of nitrogens with one attached hydrogen (secondary N) is 1. The molecule has 0 amide bonds. The summed E-state index contributed by atoms with van der Waals surface area (Å²) in [6, 6.07) is 14.0. The van der Waals surface area contributed by atoms with Crippen molar-refractivity contribution in [2.75, 3.05) is 4.72 Å². The summed E-state index contributed by atoms with van der Waals surface area (Å²) < 4.78 is 33.7. The molecule has 3 rings (SSSR count). The van der Waals surface area contributed by atoms with E-state index in [1.807, 2.05) is 32.9 Å². The summed E-state index contributed by atoms with van der Waals surface area (Å²) in [5, 5.41) is 0. The normalized spacial score (nSPS) is 11.3. The molecule has 0 fully saturated rings. The first kappa shape index (κ1) is 18.8. The second kappa shape index (κ2) is 7.36. The summed E-state index contributed by atoms with van der Waals surface area (Å²) in [7, 11) is -3.70. The number of aryl methyl sites for hydroxylation is 4. The fourth-order valence-corrected chi connectivity index (χ4v) is 4.06. The highest BCUT2D eigenvalue weighted by Crippen LogP contribution is 2.25. The van der Waals surface area contributed by atoms with Crippen LogP contribution in [0.1, 0.15) is 22.5 Å². The molecule has 2 aromatic carbocycles. The fraction of sp³-hybridized carbons (Fsp3) is 0.200. The first-order chi connectivity index (χ1) is 12.7. The standard InChI is InChI=1S/C20H21N3O3S/c1-13-8-9-19(14(2)10-13)27(24,25)23-17-6-5-7-18(12-17)26-20-21-15(3)11-16(4)22-20/h5-12,23H,1-4H3. The molecule has 6 nitrogen and oxygen atoms in total. The molecule has 0 saturated heterocycles. The van der Waals surface area contributed by atoms with E-state index < -0.39 is 10.0 Å². The summed E-state index contributed by atoms with van der Waals surface area (Å²) >= 11 is 0. The maximum Gasteiger partial charge on any atom is 0.322 e. The van der Waals surface area contributed by atoms with Crippen LogP contribution in [0.2, 0.25) is 0 Å². The van der Waals surface area contributed by atoms with Gasteiger partial charge in [-0.2, -0.15) is 0 Å². The van der Waals surface area contributed by atoms with Gasteiger partial charge in [0.2, 0.25) is 0 Å². The summed E-state index contributed by atoms with van der Waals surface area (Å²) in [5.41, 5.74) is 3.69. The molecule has 0 spiro atoms. The number of sulfonamides is 1. The summed E-state index contributed by atoms with van der Waals surface area (Å²) in [4.78, 5) is 8.71. The topological polar surface area (TPSA) is 81.2 Å². The van der Waals surface area contributed by atoms with Gasteiger partial charge in [0.25, 0.3) is 10.0 Å². The molecule has 1 N–H and O–H groups in total. The van der Waals surface area contributed by atoms with Gasteiger partial charge in [-0.3, -0.25) is 4.72 Å². The molecule has 0 aliphatic heterocycles. The van der Waals surface area contributed by atoms with Crippen molar-refractivity contribution in [1.82, 2.24) is 9.97 Å². The van der Waals surface area contributed by atoms with Gasteiger partial charge in [0.15, 0.2) is 0 Å². The zero-order valence-corrected chi connectivity index (χ0v) is 16.5. The molecule has 0 aliphatic carbocycles. The third-order valence-electron chi connectivity index (χ3n) is 3.88. The first-order valence-electron chi connectivity index (χ1n) is 8.43. The Bertz CT molecular complexity index is 1080. The SMILES string of the molecule is Cc1ccc(S(=O)(=O)Nc2cccc(Oc3nc(C)cc(C)n3)c2)c(C)c1. The minimum Gasteiger partial charge on any atom is -0.424 e. The van der Waals surface area contributed by atoms with Crippen molar-refractivity contribution in [3.8, 4) is 11.8 Å². The number of hydrogen-bond donors (Lipinski definition) is 1. The molecule has 0 bridgehead atoms. The van der Waals surface area contributed by atoms with E-state index in [0.717, 1.165) is 17.0 Å². The van der Waals surface area contributed by atoms with E-state index in [2.05, 4.69) is 14.7 Å². The quantitative estimate of drug-likeness (QED) is 0.710. The van der Waals surface area contributed by atoms with Crippen molar-refractivity contribution < 1.29 is 13.2 Å². The van der Waals surface area contributed by atoms with Crippen molar-refractivity contribution >= 4 is 15.7 Å². The van der Waals surface area contributed by atoms with E-state index in [4.69, 9.17) is 4.74 Å².